The van der Waals surface area contributed by atoms with Gasteiger partial charge in [0.15, 0.2) is 6.29 Å². The maximum Gasteiger partial charge on any atom is 0.220 e. The predicted molar refractivity (Wildman–Crippen MR) is 235 cm³/mol. The molecule has 7 unspecified atom stereocenters. The number of aliphatic hydroxyl groups excluding tert-OH is 5. The highest BCUT2D eigenvalue weighted by Crippen LogP contribution is 2.23. The summed E-state index contributed by atoms with van der Waals surface area (Å²) in [6.07, 6.45) is 39.4. The molecule has 0 saturated carbocycles. The van der Waals surface area contributed by atoms with E-state index in [4.69, 9.17) is 9.47 Å². The summed E-state index contributed by atoms with van der Waals surface area (Å²) in [6.45, 7) is 3.76. The van der Waals surface area contributed by atoms with E-state index in [2.05, 4.69) is 31.3 Å². The molecule has 0 aliphatic carbocycles. The maximum atomic E-state index is 13.0. The topological polar surface area (TPSA) is 149 Å². The molecule has 0 radical (unpaired) electrons. The summed E-state index contributed by atoms with van der Waals surface area (Å²) in [5.74, 6) is -0.184. The first-order valence-corrected chi connectivity index (χ1v) is 24.1. The van der Waals surface area contributed by atoms with Crippen molar-refractivity contribution >= 4 is 5.91 Å². The average molecular weight is 810 g/mol. The smallest absolute Gasteiger partial charge is 0.220 e. The van der Waals surface area contributed by atoms with Gasteiger partial charge in [-0.15, -0.1) is 0 Å². The third-order valence-corrected chi connectivity index (χ3v) is 11.5. The van der Waals surface area contributed by atoms with Crippen molar-refractivity contribution in [1.29, 1.82) is 0 Å². The van der Waals surface area contributed by atoms with Crippen LogP contribution in [0.15, 0.2) is 24.3 Å². The fourth-order valence-electron chi connectivity index (χ4n) is 7.64. The number of nitrogens with one attached hydrogen (secondary N) is 1. The maximum absolute atomic E-state index is 13.0. The molecule has 0 aromatic rings. The monoisotopic (exact) mass is 810 g/mol. The first kappa shape index (κ1) is 53.7. The number of hydrogen-bond donors (Lipinski definition) is 6. The van der Waals surface area contributed by atoms with Gasteiger partial charge in [-0.05, 0) is 32.1 Å². The van der Waals surface area contributed by atoms with Crippen molar-refractivity contribution in [2.45, 2.75) is 262 Å². The van der Waals surface area contributed by atoms with Gasteiger partial charge in [0, 0.05) is 6.42 Å². The first-order chi connectivity index (χ1) is 27.8. The third kappa shape index (κ3) is 29.5. The van der Waals surface area contributed by atoms with Gasteiger partial charge < -0.3 is 40.3 Å². The molecular formula is C48H91NO8. The molecule has 0 spiro atoms. The number of rotatable bonds is 40. The lowest BCUT2D eigenvalue weighted by atomic mass is 9.99. The fourth-order valence-corrected chi connectivity index (χ4v) is 7.64. The SMILES string of the molecule is CCCCCCCCCC/C=C/CC/C=C/C(O)C(COC1OC(CO)C(O)C(O)C1O)NC(=O)CCCCCCCCCCCCCCCCCCCCCC. The van der Waals surface area contributed by atoms with Gasteiger partial charge in [0.1, 0.15) is 24.4 Å². The van der Waals surface area contributed by atoms with Crippen LogP contribution in [0.5, 0.6) is 0 Å². The predicted octanol–water partition coefficient (Wildman–Crippen LogP) is 10.3. The van der Waals surface area contributed by atoms with Crippen LogP contribution in [0.3, 0.4) is 0 Å². The van der Waals surface area contributed by atoms with Crippen molar-refractivity contribution in [3.8, 4) is 0 Å². The van der Waals surface area contributed by atoms with Crippen LogP contribution in [-0.2, 0) is 14.3 Å². The Bertz CT molecular complexity index is 945. The van der Waals surface area contributed by atoms with E-state index in [1.807, 2.05) is 6.08 Å². The number of aliphatic hydroxyl groups is 5. The van der Waals surface area contributed by atoms with Gasteiger partial charge in [-0.2, -0.15) is 0 Å². The van der Waals surface area contributed by atoms with Crippen molar-refractivity contribution in [3.05, 3.63) is 24.3 Å². The highest BCUT2D eigenvalue weighted by molar-refractivity contribution is 5.76. The van der Waals surface area contributed by atoms with Crippen molar-refractivity contribution in [2.24, 2.45) is 0 Å². The van der Waals surface area contributed by atoms with Crippen LogP contribution >= 0.6 is 0 Å². The van der Waals surface area contributed by atoms with Gasteiger partial charge >= 0.3 is 0 Å². The molecule has 57 heavy (non-hydrogen) atoms. The molecule has 9 nitrogen and oxygen atoms in total. The van der Waals surface area contributed by atoms with E-state index in [0.29, 0.717) is 6.42 Å². The van der Waals surface area contributed by atoms with E-state index >= 15 is 0 Å². The second kappa shape index (κ2) is 38.8. The minimum absolute atomic E-state index is 0.184. The lowest BCUT2D eigenvalue weighted by Gasteiger charge is -2.40. The van der Waals surface area contributed by atoms with E-state index in [1.165, 1.54) is 161 Å². The highest BCUT2D eigenvalue weighted by Gasteiger charge is 2.44. The Hall–Kier alpha value is -1.33. The minimum Gasteiger partial charge on any atom is -0.394 e. The molecule has 336 valence electrons. The lowest BCUT2D eigenvalue weighted by Crippen LogP contribution is -2.60. The largest absolute Gasteiger partial charge is 0.394 e. The number of carbonyl (C=O) groups is 1. The molecule has 0 bridgehead atoms. The molecule has 7 atom stereocenters. The molecule has 1 aliphatic rings. The highest BCUT2D eigenvalue weighted by atomic mass is 16.7. The van der Waals surface area contributed by atoms with Gasteiger partial charge in [0.2, 0.25) is 5.91 Å². The van der Waals surface area contributed by atoms with Crippen LogP contribution in [0.1, 0.15) is 219 Å². The zero-order valence-corrected chi connectivity index (χ0v) is 36.9. The van der Waals surface area contributed by atoms with Gasteiger partial charge in [-0.25, -0.2) is 0 Å². The number of ether oxygens (including phenoxy) is 2. The summed E-state index contributed by atoms with van der Waals surface area (Å²) in [6, 6.07) is -0.816. The molecule has 1 heterocycles. The summed E-state index contributed by atoms with van der Waals surface area (Å²) >= 11 is 0. The van der Waals surface area contributed by atoms with E-state index in [9.17, 15) is 30.3 Å². The Balaban J connectivity index is 2.32. The average Bonchev–Trinajstić information content (AvgIpc) is 3.21. The summed E-state index contributed by atoms with van der Waals surface area (Å²) in [5.41, 5.74) is 0. The zero-order chi connectivity index (χ0) is 41.6. The molecule has 1 amide bonds. The molecule has 1 saturated heterocycles. The standard InChI is InChI=1S/C48H91NO8/c1-3-5-7-9-11-13-15-17-19-20-21-22-23-24-26-28-30-32-34-36-38-44(52)49-41(40-56-48-47(55)46(54)45(53)43(39-50)57-48)42(51)37-35-33-31-29-27-25-18-16-14-12-10-8-6-4-2/h27,29,35,37,41-43,45-48,50-51,53-55H,3-26,28,30-34,36,38-40H2,1-2H3,(H,49,52)/b29-27+,37-35+. The van der Waals surface area contributed by atoms with Gasteiger partial charge in [0.05, 0.1) is 25.4 Å². The van der Waals surface area contributed by atoms with Crippen LogP contribution in [0, 0.1) is 0 Å². The van der Waals surface area contributed by atoms with Crippen LogP contribution in [-0.4, -0.2) is 87.5 Å². The van der Waals surface area contributed by atoms with E-state index < -0.39 is 49.5 Å². The Kier molecular flexibility index (Phi) is 36.6. The number of unbranched alkanes of at least 4 members (excludes halogenated alkanes) is 28. The quantitative estimate of drug-likeness (QED) is 0.0265. The molecule has 1 aliphatic heterocycles. The van der Waals surface area contributed by atoms with Crippen molar-refractivity contribution < 1.29 is 39.8 Å². The van der Waals surface area contributed by atoms with Gasteiger partial charge in [0.25, 0.3) is 0 Å². The lowest BCUT2D eigenvalue weighted by molar-refractivity contribution is -0.302. The molecule has 1 rings (SSSR count). The van der Waals surface area contributed by atoms with Crippen LogP contribution in [0.4, 0.5) is 0 Å². The van der Waals surface area contributed by atoms with Crippen LogP contribution in [0.2, 0.25) is 0 Å². The zero-order valence-electron chi connectivity index (χ0n) is 36.9. The van der Waals surface area contributed by atoms with E-state index in [0.717, 1.165) is 38.5 Å². The van der Waals surface area contributed by atoms with E-state index in [1.54, 1.807) is 6.08 Å². The Labute approximate surface area is 349 Å². The van der Waals surface area contributed by atoms with Gasteiger partial charge in [-0.3, -0.25) is 4.79 Å². The third-order valence-electron chi connectivity index (χ3n) is 11.5. The second-order valence-corrected chi connectivity index (χ2v) is 16.9. The molecule has 0 aromatic heterocycles. The number of carbonyl (C=O) groups excluding carboxylic acids is 1. The summed E-state index contributed by atoms with van der Waals surface area (Å²) in [4.78, 5) is 13.0. The van der Waals surface area contributed by atoms with Crippen molar-refractivity contribution in [3.63, 3.8) is 0 Å². The molecule has 6 N–H and O–H groups in total. The number of amides is 1. The van der Waals surface area contributed by atoms with Crippen LogP contribution in [0.25, 0.3) is 0 Å². The van der Waals surface area contributed by atoms with Crippen molar-refractivity contribution in [1.82, 2.24) is 5.32 Å². The summed E-state index contributed by atoms with van der Waals surface area (Å²) in [7, 11) is 0. The normalized spacial score (nSPS) is 21.1. The molecular weight excluding hydrogens is 719 g/mol. The van der Waals surface area contributed by atoms with Gasteiger partial charge in [-0.1, -0.05) is 205 Å². The number of allylic oxidation sites excluding steroid dienone is 3. The molecule has 0 aromatic carbocycles. The Morgan fingerprint density at radius 2 is 1.00 bits per heavy atom. The molecule has 1 fully saturated rings. The number of hydrogen-bond acceptors (Lipinski definition) is 8. The van der Waals surface area contributed by atoms with Crippen molar-refractivity contribution in [2.75, 3.05) is 13.2 Å². The van der Waals surface area contributed by atoms with Crippen LogP contribution < -0.4 is 5.32 Å². The molecule has 9 heteroatoms. The fraction of sp³-hybridized carbons (Fsp3) is 0.896. The Morgan fingerprint density at radius 3 is 1.47 bits per heavy atom. The minimum atomic E-state index is -1.57. The van der Waals surface area contributed by atoms with E-state index in [-0.39, 0.29) is 12.5 Å². The summed E-state index contributed by atoms with van der Waals surface area (Å²) in [5, 5.41) is 54.2. The Morgan fingerprint density at radius 1 is 0.579 bits per heavy atom. The first-order valence-electron chi connectivity index (χ1n) is 24.1. The summed E-state index contributed by atoms with van der Waals surface area (Å²) < 4.78 is 11.2. The second-order valence-electron chi connectivity index (χ2n) is 16.9.